The van der Waals surface area contributed by atoms with Crippen LogP contribution in [0.3, 0.4) is 0 Å². The van der Waals surface area contributed by atoms with Gasteiger partial charge in [0.2, 0.25) is 0 Å². The van der Waals surface area contributed by atoms with Crippen LogP contribution < -0.4 is 5.73 Å². The minimum absolute atomic E-state index is 0.127. The SMILES string of the molecule is NC[C@@H](O)c1cc(O)c(O)cc1[18F]. The van der Waals surface area contributed by atoms with Crippen LogP contribution in [0.5, 0.6) is 11.5 Å². The first-order valence-corrected chi connectivity index (χ1v) is 3.65. The third-order valence-electron chi connectivity index (χ3n) is 1.68. The van der Waals surface area contributed by atoms with Crippen LogP contribution in [0, 0.1) is 5.82 Å². The van der Waals surface area contributed by atoms with Crippen LogP contribution in [0.15, 0.2) is 12.1 Å². The second-order valence-corrected chi connectivity index (χ2v) is 2.61. The smallest absolute Gasteiger partial charge is 0.160 e. The molecule has 0 saturated heterocycles. The van der Waals surface area contributed by atoms with E-state index in [4.69, 9.17) is 21.1 Å². The fourth-order valence-corrected chi connectivity index (χ4v) is 0.950. The number of nitrogens with two attached hydrogens (primary N) is 1. The Kier molecular flexibility index (Phi) is 2.69. The van der Waals surface area contributed by atoms with Crippen molar-refractivity contribution < 1.29 is 19.7 Å². The lowest BCUT2D eigenvalue weighted by Crippen LogP contribution is -2.12. The lowest BCUT2D eigenvalue weighted by atomic mass is 10.1. The molecule has 0 heterocycles. The molecule has 0 aliphatic carbocycles. The number of aliphatic hydroxyl groups is 1. The lowest BCUT2D eigenvalue weighted by Gasteiger charge is -2.10. The molecule has 1 aromatic rings. The Morgan fingerprint density at radius 1 is 1.31 bits per heavy atom. The maximum absolute atomic E-state index is 13.0. The normalized spacial score (nSPS) is 12.8. The summed E-state index contributed by atoms with van der Waals surface area (Å²) < 4.78 is 13.0. The zero-order valence-corrected chi connectivity index (χ0v) is 6.74. The fourth-order valence-electron chi connectivity index (χ4n) is 0.950. The molecule has 1 rings (SSSR count). The maximum Gasteiger partial charge on any atom is 0.160 e. The lowest BCUT2D eigenvalue weighted by molar-refractivity contribution is 0.181. The van der Waals surface area contributed by atoms with Gasteiger partial charge in [0.25, 0.3) is 0 Å². The topological polar surface area (TPSA) is 86.7 Å². The Labute approximate surface area is 74.0 Å². The van der Waals surface area contributed by atoms with Crippen molar-refractivity contribution in [3.63, 3.8) is 0 Å². The van der Waals surface area contributed by atoms with Gasteiger partial charge in [-0.3, -0.25) is 0 Å². The van der Waals surface area contributed by atoms with Gasteiger partial charge < -0.3 is 21.1 Å². The number of hydrogen-bond donors (Lipinski definition) is 4. The highest BCUT2D eigenvalue weighted by molar-refractivity contribution is 5.42. The van der Waals surface area contributed by atoms with E-state index in [1.54, 1.807) is 0 Å². The summed E-state index contributed by atoms with van der Waals surface area (Å²) in [5.41, 5.74) is 4.97. The number of phenols is 2. The summed E-state index contributed by atoms with van der Waals surface area (Å²) in [4.78, 5) is 0. The van der Waals surface area contributed by atoms with E-state index in [0.29, 0.717) is 0 Å². The van der Waals surface area contributed by atoms with Crippen LogP contribution in [-0.2, 0) is 0 Å². The van der Waals surface area contributed by atoms with Crippen LogP contribution in [0.4, 0.5) is 4.39 Å². The molecule has 5 heteroatoms. The number of aromatic hydroxyl groups is 2. The summed E-state index contributed by atoms with van der Waals surface area (Å²) in [7, 11) is 0. The Balaban J connectivity index is 3.15. The van der Waals surface area contributed by atoms with E-state index in [9.17, 15) is 4.39 Å². The van der Waals surface area contributed by atoms with Crippen LogP contribution in [0.25, 0.3) is 0 Å². The molecule has 1 aromatic carbocycles. The molecule has 5 N–H and O–H groups in total. The van der Waals surface area contributed by atoms with Gasteiger partial charge in [0.15, 0.2) is 11.5 Å². The average molecular weight is 186 g/mol. The summed E-state index contributed by atoms with van der Waals surface area (Å²) in [5.74, 6) is -1.84. The summed E-state index contributed by atoms with van der Waals surface area (Å²) >= 11 is 0. The number of halogens is 1. The van der Waals surface area contributed by atoms with Crippen molar-refractivity contribution >= 4 is 0 Å². The first-order chi connectivity index (χ1) is 6.06. The predicted octanol–water partition coefficient (Wildman–Crippen LogP) is 0.229. The molecule has 0 radical (unpaired) electrons. The summed E-state index contributed by atoms with van der Waals surface area (Å²) in [6.45, 7) is -0.152. The van der Waals surface area contributed by atoms with E-state index in [-0.39, 0.29) is 12.1 Å². The van der Waals surface area contributed by atoms with Gasteiger partial charge in [-0.1, -0.05) is 0 Å². The fraction of sp³-hybridized carbons (Fsp3) is 0.250. The van der Waals surface area contributed by atoms with Gasteiger partial charge in [0.05, 0.1) is 6.10 Å². The van der Waals surface area contributed by atoms with E-state index in [0.717, 1.165) is 12.1 Å². The standard InChI is InChI=1S/C8H10FNO3/c9-5-2-7(12)6(11)1-4(5)8(13)3-10/h1-2,8,11-13H,3,10H2/t8-/m1/s1/i9-1. The van der Waals surface area contributed by atoms with Gasteiger partial charge in [-0.15, -0.1) is 0 Å². The molecule has 0 amide bonds. The Morgan fingerprint density at radius 3 is 2.38 bits per heavy atom. The molecular formula is C8H10FNO3. The number of aliphatic hydroxyl groups excluding tert-OH is 1. The zero-order chi connectivity index (χ0) is 10.0. The average Bonchev–Trinajstić information content (AvgIpc) is 2.10. The van der Waals surface area contributed by atoms with Crippen LogP contribution in [0.2, 0.25) is 0 Å². The largest absolute Gasteiger partial charge is 0.504 e. The Bertz CT molecular complexity index is 317. The second kappa shape index (κ2) is 3.59. The molecule has 0 aliphatic heterocycles. The third kappa shape index (κ3) is 1.88. The number of rotatable bonds is 2. The van der Waals surface area contributed by atoms with Crippen molar-refractivity contribution in [1.29, 1.82) is 0 Å². The van der Waals surface area contributed by atoms with E-state index >= 15 is 0 Å². The number of phenolic OH excluding ortho intramolecular Hbond substituents is 2. The van der Waals surface area contributed by atoms with Gasteiger partial charge >= 0.3 is 0 Å². The van der Waals surface area contributed by atoms with E-state index in [1.165, 1.54) is 0 Å². The van der Waals surface area contributed by atoms with Crippen LogP contribution >= 0.6 is 0 Å². The zero-order valence-electron chi connectivity index (χ0n) is 6.74. The van der Waals surface area contributed by atoms with Gasteiger partial charge in [0.1, 0.15) is 5.82 Å². The Morgan fingerprint density at radius 2 is 1.85 bits per heavy atom. The molecule has 0 bridgehead atoms. The molecular weight excluding hydrogens is 176 g/mol. The molecule has 4 nitrogen and oxygen atoms in total. The van der Waals surface area contributed by atoms with Crippen molar-refractivity contribution in [1.82, 2.24) is 0 Å². The van der Waals surface area contributed by atoms with Gasteiger partial charge in [-0.05, 0) is 6.07 Å². The van der Waals surface area contributed by atoms with Crippen molar-refractivity contribution in [2.24, 2.45) is 5.73 Å². The number of hydrogen-bond acceptors (Lipinski definition) is 4. The first-order valence-electron chi connectivity index (χ1n) is 3.65. The minimum atomic E-state index is -1.17. The summed E-state index contributed by atoms with van der Waals surface area (Å²) in [5, 5.41) is 27.0. The second-order valence-electron chi connectivity index (χ2n) is 2.61. The molecule has 0 unspecified atom stereocenters. The highest BCUT2D eigenvalue weighted by Crippen LogP contribution is 2.30. The molecule has 1 atom stereocenters. The van der Waals surface area contributed by atoms with Gasteiger partial charge in [0, 0.05) is 18.2 Å². The quantitative estimate of drug-likeness (QED) is 0.498. The van der Waals surface area contributed by atoms with Gasteiger partial charge in [-0.2, -0.15) is 0 Å². The molecule has 0 aromatic heterocycles. The van der Waals surface area contributed by atoms with Crippen molar-refractivity contribution in [3.05, 3.63) is 23.5 Å². The van der Waals surface area contributed by atoms with Crippen molar-refractivity contribution in [2.75, 3.05) is 6.54 Å². The van der Waals surface area contributed by atoms with Crippen LogP contribution in [-0.4, -0.2) is 21.9 Å². The molecule has 0 spiro atoms. The molecule has 13 heavy (non-hydrogen) atoms. The van der Waals surface area contributed by atoms with Crippen molar-refractivity contribution in [2.45, 2.75) is 6.10 Å². The summed E-state index contributed by atoms with van der Waals surface area (Å²) in [6.07, 6.45) is -1.17. The highest BCUT2D eigenvalue weighted by Gasteiger charge is 2.14. The Hall–Kier alpha value is -1.33. The van der Waals surface area contributed by atoms with E-state index in [1.807, 2.05) is 0 Å². The highest BCUT2D eigenvalue weighted by atomic mass is 18.2. The molecule has 72 valence electrons. The molecule has 0 fully saturated rings. The summed E-state index contributed by atoms with van der Waals surface area (Å²) in [6, 6.07) is 1.67. The van der Waals surface area contributed by atoms with Gasteiger partial charge in [-0.25, -0.2) is 4.39 Å². The van der Waals surface area contributed by atoms with E-state index < -0.39 is 23.4 Å². The number of benzene rings is 1. The predicted molar refractivity (Wildman–Crippen MR) is 43.7 cm³/mol. The first kappa shape index (κ1) is 9.76. The third-order valence-corrected chi connectivity index (χ3v) is 1.68. The molecule has 0 aliphatic rings. The molecule has 0 saturated carbocycles. The monoisotopic (exact) mass is 186 g/mol. The van der Waals surface area contributed by atoms with E-state index in [2.05, 4.69) is 0 Å². The maximum atomic E-state index is 13.0. The van der Waals surface area contributed by atoms with Crippen LogP contribution in [0.1, 0.15) is 11.7 Å². The van der Waals surface area contributed by atoms with Crippen molar-refractivity contribution in [3.8, 4) is 11.5 Å². The minimum Gasteiger partial charge on any atom is -0.504 e.